The van der Waals surface area contributed by atoms with E-state index in [0.717, 1.165) is 10.1 Å². The molecule has 1 atom stereocenters. The van der Waals surface area contributed by atoms with Crippen LogP contribution in [0.3, 0.4) is 0 Å². The number of anilines is 1. The summed E-state index contributed by atoms with van der Waals surface area (Å²) in [6.45, 7) is 6.38. The zero-order valence-electron chi connectivity index (χ0n) is 14.8. The van der Waals surface area contributed by atoms with Crippen LogP contribution in [-0.2, 0) is 20.6 Å². The van der Waals surface area contributed by atoms with E-state index in [4.69, 9.17) is 5.41 Å². The molecule has 0 amide bonds. The topological polar surface area (TPSA) is 97.7 Å². The van der Waals surface area contributed by atoms with E-state index in [1.54, 1.807) is 11.6 Å². The maximum absolute atomic E-state index is 12.6. The van der Waals surface area contributed by atoms with Crippen molar-refractivity contribution >= 4 is 23.3 Å². The molecule has 24 heavy (non-hydrogen) atoms. The van der Waals surface area contributed by atoms with Crippen molar-refractivity contribution in [3.8, 4) is 0 Å². The first-order chi connectivity index (χ1) is 11.3. The SMILES string of the molecule is CC(C)=CCn1c(NC(C)CC=N)nc2c1c(=O)n(C)c(=O)n2C. The van der Waals surface area contributed by atoms with Crippen molar-refractivity contribution in [2.75, 3.05) is 5.32 Å². The van der Waals surface area contributed by atoms with Crippen molar-refractivity contribution in [3.63, 3.8) is 0 Å². The Bertz CT molecular complexity index is 911. The van der Waals surface area contributed by atoms with Crippen molar-refractivity contribution in [1.82, 2.24) is 18.7 Å². The Hall–Kier alpha value is -2.64. The highest BCUT2D eigenvalue weighted by Crippen LogP contribution is 2.17. The molecule has 2 heterocycles. The number of imidazole rings is 1. The normalized spacial score (nSPS) is 12.2. The Labute approximate surface area is 139 Å². The zero-order valence-corrected chi connectivity index (χ0v) is 14.8. The lowest BCUT2D eigenvalue weighted by molar-refractivity contribution is 0.703. The molecule has 2 aromatic heterocycles. The smallest absolute Gasteiger partial charge is 0.332 e. The predicted molar refractivity (Wildman–Crippen MR) is 96.1 cm³/mol. The molecule has 0 saturated carbocycles. The van der Waals surface area contributed by atoms with Gasteiger partial charge in [-0.3, -0.25) is 13.9 Å². The summed E-state index contributed by atoms with van der Waals surface area (Å²) in [7, 11) is 3.07. The Morgan fingerprint density at radius 2 is 1.96 bits per heavy atom. The second kappa shape index (κ2) is 6.86. The highest BCUT2D eigenvalue weighted by Gasteiger charge is 2.19. The van der Waals surface area contributed by atoms with Gasteiger partial charge in [0.05, 0.1) is 0 Å². The number of fused-ring (bicyclic) bond motifs is 1. The van der Waals surface area contributed by atoms with E-state index in [-0.39, 0.29) is 11.6 Å². The minimum atomic E-state index is -0.404. The molecule has 0 aliphatic heterocycles. The summed E-state index contributed by atoms with van der Waals surface area (Å²) >= 11 is 0. The summed E-state index contributed by atoms with van der Waals surface area (Å²) in [4.78, 5) is 29.2. The second-order valence-electron chi connectivity index (χ2n) is 6.19. The fraction of sp³-hybridized carbons (Fsp3) is 0.500. The Balaban J connectivity index is 2.74. The van der Waals surface area contributed by atoms with E-state index in [1.807, 2.05) is 26.8 Å². The van der Waals surface area contributed by atoms with Crippen LogP contribution in [0.25, 0.3) is 11.2 Å². The molecule has 1 unspecified atom stereocenters. The summed E-state index contributed by atoms with van der Waals surface area (Å²) in [6, 6.07) is -0.00866. The molecule has 2 aromatic rings. The third kappa shape index (κ3) is 3.17. The van der Waals surface area contributed by atoms with E-state index in [1.165, 1.54) is 17.8 Å². The van der Waals surface area contributed by atoms with E-state index in [9.17, 15) is 9.59 Å². The van der Waals surface area contributed by atoms with Crippen LogP contribution in [0.15, 0.2) is 21.2 Å². The molecular formula is C16H24N6O2. The second-order valence-corrected chi connectivity index (χ2v) is 6.19. The summed E-state index contributed by atoms with van der Waals surface area (Å²) in [5, 5.41) is 10.4. The van der Waals surface area contributed by atoms with Crippen molar-refractivity contribution in [2.45, 2.75) is 39.8 Å². The number of aryl methyl sites for hydroxylation is 1. The molecule has 0 saturated heterocycles. The van der Waals surface area contributed by atoms with Gasteiger partial charge in [-0.05, 0) is 27.0 Å². The molecule has 0 aliphatic rings. The lowest BCUT2D eigenvalue weighted by atomic mass is 10.2. The molecule has 2 rings (SSSR count). The molecule has 2 N–H and O–H groups in total. The third-order valence-corrected chi connectivity index (χ3v) is 3.88. The zero-order chi connectivity index (χ0) is 18.0. The lowest BCUT2D eigenvalue weighted by Crippen LogP contribution is -2.37. The van der Waals surface area contributed by atoms with E-state index < -0.39 is 5.69 Å². The summed E-state index contributed by atoms with van der Waals surface area (Å²) in [5.74, 6) is 0.523. The van der Waals surface area contributed by atoms with E-state index in [0.29, 0.717) is 30.1 Å². The number of nitrogens with zero attached hydrogens (tertiary/aromatic N) is 4. The van der Waals surface area contributed by atoms with Gasteiger partial charge in [-0.25, -0.2) is 4.79 Å². The van der Waals surface area contributed by atoms with Crippen LogP contribution in [0.1, 0.15) is 27.2 Å². The number of hydrogen-bond acceptors (Lipinski definition) is 5. The number of rotatable bonds is 6. The van der Waals surface area contributed by atoms with Gasteiger partial charge in [0.15, 0.2) is 11.2 Å². The maximum atomic E-state index is 12.6. The van der Waals surface area contributed by atoms with E-state index >= 15 is 0 Å². The lowest BCUT2D eigenvalue weighted by Gasteiger charge is -2.13. The van der Waals surface area contributed by atoms with Crippen LogP contribution in [0.2, 0.25) is 0 Å². The van der Waals surface area contributed by atoms with Gasteiger partial charge >= 0.3 is 5.69 Å². The number of allylic oxidation sites excluding steroid dienone is 2. The van der Waals surface area contributed by atoms with Crippen LogP contribution in [-0.4, -0.2) is 30.9 Å². The molecule has 8 heteroatoms. The molecule has 0 spiro atoms. The Morgan fingerprint density at radius 1 is 1.29 bits per heavy atom. The van der Waals surface area contributed by atoms with Crippen molar-refractivity contribution in [1.29, 1.82) is 5.41 Å². The van der Waals surface area contributed by atoms with E-state index in [2.05, 4.69) is 10.3 Å². The predicted octanol–water partition coefficient (Wildman–Crippen LogP) is 1.24. The monoisotopic (exact) mass is 332 g/mol. The van der Waals surface area contributed by atoms with Crippen LogP contribution in [0, 0.1) is 5.41 Å². The average Bonchev–Trinajstić information content (AvgIpc) is 2.87. The molecule has 0 aromatic carbocycles. The van der Waals surface area contributed by atoms with Gasteiger partial charge in [0.25, 0.3) is 5.56 Å². The highest BCUT2D eigenvalue weighted by atomic mass is 16.2. The van der Waals surface area contributed by atoms with Crippen molar-refractivity contribution in [2.24, 2.45) is 14.1 Å². The van der Waals surface area contributed by atoms with Crippen molar-refractivity contribution in [3.05, 3.63) is 32.5 Å². The van der Waals surface area contributed by atoms with Crippen LogP contribution >= 0.6 is 0 Å². The van der Waals surface area contributed by atoms with Crippen LogP contribution in [0.5, 0.6) is 0 Å². The van der Waals surface area contributed by atoms with Gasteiger partial charge in [0, 0.05) is 33.1 Å². The molecular weight excluding hydrogens is 308 g/mol. The Morgan fingerprint density at radius 3 is 2.54 bits per heavy atom. The first kappa shape index (κ1) is 17.7. The van der Waals surface area contributed by atoms with Gasteiger partial charge in [0.2, 0.25) is 5.95 Å². The molecule has 130 valence electrons. The molecule has 0 bridgehead atoms. The fourth-order valence-corrected chi connectivity index (χ4v) is 2.46. The highest BCUT2D eigenvalue weighted by molar-refractivity contribution is 5.74. The first-order valence-electron chi connectivity index (χ1n) is 7.83. The number of hydrogen-bond donors (Lipinski definition) is 2. The quantitative estimate of drug-likeness (QED) is 0.614. The Kier molecular flexibility index (Phi) is 5.06. The summed E-state index contributed by atoms with van der Waals surface area (Å²) in [5.41, 5.74) is 1.10. The maximum Gasteiger partial charge on any atom is 0.332 e. The molecule has 0 aliphatic carbocycles. The fourth-order valence-electron chi connectivity index (χ4n) is 2.46. The number of aromatic nitrogens is 4. The van der Waals surface area contributed by atoms with Crippen LogP contribution < -0.4 is 16.6 Å². The molecule has 0 radical (unpaired) electrons. The first-order valence-corrected chi connectivity index (χ1v) is 7.83. The summed E-state index contributed by atoms with van der Waals surface area (Å²) in [6.07, 6.45) is 3.87. The van der Waals surface area contributed by atoms with Crippen molar-refractivity contribution < 1.29 is 0 Å². The average molecular weight is 332 g/mol. The van der Waals surface area contributed by atoms with Gasteiger partial charge in [-0.2, -0.15) is 4.98 Å². The number of nitrogens with one attached hydrogen (secondary N) is 2. The minimum Gasteiger partial charge on any atom is -0.353 e. The van der Waals surface area contributed by atoms with Gasteiger partial charge in [-0.15, -0.1) is 0 Å². The largest absolute Gasteiger partial charge is 0.353 e. The summed E-state index contributed by atoms with van der Waals surface area (Å²) < 4.78 is 4.25. The standard InChI is InChI=1S/C16H24N6O2/c1-10(2)7-9-22-12-13(19-15(22)18-11(3)6-8-17)20(4)16(24)21(5)14(12)23/h7-8,11,17H,6,9H2,1-5H3,(H,18,19). The molecule has 0 fully saturated rings. The van der Waals surface area contributed by atoms with Gasteiger partial charge in [-0.1, -0.05) is 11.6 Å². The van der Waals surface area contributed by atoms with Gasteiger partial charge < -0.3 is 15.3 Å². The van der Waals surface area contributed by atoms with Crippen LogP contribution in [0.4, 0.5) is 5.95 Å². The third-order valence-electron chi connectivity index (χ3n) is 3.88. The minimum absolute atomic E-state index is 0.00866. The van der Waals surface area contributed by atoms with Gasteiger partial charge in [0.1, 0.15) is 0 Å². The molecule has 8 nitrogen and oxygen atoms in total.